The van der Waals surface area contributed by atoms with Gasteiger partial charge in [0.2, 0.25) is 0 Å². The monoisotopic (exact) mass is 801 g/mol. The van der Waals surface area contributed by atoms with E-state index in [0.717, 1.165) is 106 Å². The van der Waals surface area contributed by atoms with E-state index in [1.807, 2.05) is 84.9 Å². The third-order valence-corrected chi connectivity index (χ3v) is 13.1. The summed E-state index contributed by atoms with van der Waals surface area (Å²) >= 11 is 0. The van der Waals surface area contributed by atoms with Crippen LogP contribution in [0.4, 0.5) is 11.4 Å². The number of anilines is 2. The van der Waals surface area contributed by atoms with Gasteiger partial charge >= 0.3 is 0 Å². The summed E-state index contributed by atoms with van der Waals surface area (Å²) in [7, 11) is 4.15. The van der Waals surface area contributed by atoms with Crippen LogP contribution >= 0.6 is 0 Å². The van der Waals surface area contributed by atoms with E-state index < -0.39 is 11.2 Å². The van der Waals surface area contributed by atoms with Crippen LogP contribution in [0.1, 0.15) is 59.1 Å². The number of hydrogen-bond donors (Lipinski definition) is 3. The average molecular weight is 801 g/mol. The van der Waals surface area contributed by atoms with Gasteiger partial charge in [-0.25, -0.2) is 0 Å². The Balaban J connectivity index is 0.000000182. The van der Waals surface area contributed by atoms with E-state index in [-0.39, 0.29) is 11.8 Å². The highest BCUT2D eigenvalue weighted by molar-refractivity contribution is 5.46. The van der Waals surface area contributed by atoms with E-state index in [1.165, 1.54) is 16.8 Å². The fourth-order valence-electron chi connectivity index (χ4n) is 9.41. The van der Waals surface area contributed by atoms with Gasteiger partial charge in [-0.15, -0.1) is 0 Å². The second-order valence-corrected chi connectivity index (χ2v) is 17.0. The number of benzene rings is 6. The number of piperidine rings is 2. The zero-order valence-electron chi connectivity index (χ0n) is 35.6. The fraction of sp³-hybridized carbons (Fsp3) is 0.333. The largest absolute Gasteiger partial charge is 0.399 e. The van der Waals surface area contributed by atoms with E-state index in [0.29, 0.717) is 0 Å². The van der Waals surface area contributed by atoms with Gasteiger partial charge < -0.3 is 30.6 Å². The Morgan fingerprint density at radius 1 is 0.467 bits per heavy atom. The molecule has 0 unspecified atom stereocenters. The molecule has 2 aliphatic heterocycles. The van der Waals surface area contributed by atoms with Crippen molar-refractivity contribution in [1.29, 1.82) is 0 Å². The van der Waals surface area contributed by atoms with Gasteiger partial charge in [-0.3, -0.25) is 0 Å². The molecule has 0 spiro atoms. The van der Waals surface area contributed by atoms with Crippen molar-refractivity contribution in [3.8, 4) is 0 Å². The van der Waals surface area contributed by atoms with E-state index >= 15 is 0 Å². The van der Waals surface area contributed by atoms with Crippen molar-refractivity contribution in [3.63, 3.8) is 0 Å². The Morgan fingerprint density at radius 2 is 0.767 bits per heavy atom. The van der Waals surface area contributed by atoms with Crippen LogP contribution in [0.3, 0.4) is 0 Å². The van der Waals surface area contributed by atoms with Crippen molar-refractivity contribution in [2.24, 2.45) is 11.8 Å². The van der Waals surface area contributed by atoms with Gasteiger partial charge in [0.1, 0.15) is 11.2 Å². The molecule has 0 bridgehead atoms. The number of rotatable bonds is 13. The highest BCUT2D eigenvalue weighted by Gasteiger charge is 2.42. The van der Waals surface area contributed by atoms with Crippen molar-refractivity contribution in [1.82, 2.24) is 9.80 Å². The van der Waals surface area contributed by atoms with Crippen LogP contribution in [0.2, 0.25) is 0 Å². The lowest BCUT2D eigenvalue weighted by Gasteiger charge is -2.42. The number of aliphatic hydroxyl groups is 2. The van der Waals surface area contributed by atoms with Gasteiger partial charge in [0.25, 0.3) is 0 Å². The number of nitrogens with zero attached hydrogens (tertiary/aromatic N) is 3. The summed E-state index contributed by atoms with van der Waals surface area (Å²) < 4.78 is 0. The molecule has 2 heterocycles. The molecule has 6 nitrogen and oxygen atoms in total. The molecule has 6 aromatic rings. The standard InChI is InChI=1S/C28H34N2O.C26H30N2O/c1-29(2)27-15-13-23(14-16-27)17-20-30-21-18-26(19-22-30)28(31,24-9-5-3-6-10-24)25-11-7-4-8-12-25;27-25-13-11-21(12-14-25)15-18-28-19-16-24(17-20-28)26(29,22-7-3-1-4-8-22)23-9-5-2-6-10-23/h3-16,26,31H,17-22H2,1-2H3;1-14,24,29H,15-20,27H2. The van der Waals surface area contributed by atoms with Crippen LogP contribution in [0, 0.1) is 11.8 Å². The summed E-state index contributed by atoms with van der Waals surface area (Å²) in [5, 5.41) is 24.0. The summed E-state index contributed by atoms with van der Waals surface area (Å²) in [4.78, 5) is 7.20. The topological polar surface area (TPSA) is 76.2 Å². The molecule has 6 aromatic carbocycles. The van der Waals surface area contributed by atoms with E-state index in [2.05, 4.69) is 114 Å². The van der Waals surface area contributed by atoms with Crippen LogP contribution in [-0.4, -0.2) is 73.4 Å². The van der Waals surface area contributed by atoms with Crippen molar-refractivity contribution >= 4 is 11.4 Å². The molecule has 4 N–H and O–H groups in total. The second-order valence-electron chi connectivity index (χ2n) is 17.0. The first-order chi connectivity index (χ1) is 29.2. The first-order valence-electron chi connectivity index (χ1n) is 22.0. The first kappa shape index (κ1) is 42.9. The lowest BCUT2D eigenvalue weighted by atomic mass is 9.72. The Bertz CT molecular complexity index is 2050. The van der Waals surface area contributed by atoms with Gasteiger partial charge in [0.15, 0.2) is 0 Å². The summed E-state index contributed by atoms with van der Waals surface area (Å²) in [6.07, 6.45) is 6.08. The maximum absolute atomic E-state index is 12.0. The van der Waals surface area contributed by atoms with E-state index in [9.17, 15) is 10.2 Å². The molecule has 0 aliphatic carbocycles. The average Bonchev–Trinajstić information content (AvgIpc) is 3.32. The van der Waals surface area contributed by atoms with E-state index in [4.69, 9.17) is 5.73 Å². The SMILES string of the molecule is CN(C)c1ccc(CCN2CCC(C(O)(c3ccccc3)c3ccccc3)CC2)cc1.Nc1ccc(CCN2CCC(C(O)(c3ccccc3)c3ccccc3)CC2)cc1. The van der Waals surface area contributed by atoms with Gasteiger partial charge in [-0.1, -0.05) is 146 Å². The summed E-state index contributed by atoms with van der Waals surface area (Å²) in [5.41, 5.74) is 12.7. The minimum Gasteiger partial charge on any atom is -0.399 e. The minimum atomic E-state index is -0.939. The van der Waals surface area contributed by atoms with E-state index in [1.54, 1.807) is 0 Å². The van der Waals surface area contributed by atoms with Crippen molar-refractivity contribution < 1.29 is 10.2 Å². The smallest absolute Gasteiger partial charge is 0.117 e. The Labute approximate surface area is 358 Å². The lowest BCUT2D eigenvalue weighted by molar-refractivity contribution is -0.0141. The predicted octanol–water partition coefficient (Wildman–Crippen LogP) is 9.40. The Morgan fingerprint density at radius 3 is 1.07 bits per heavy atom. The maximum atomic E-state index is 12.0. The molecule has 312 valence electrons. The normalized spacial score (nSPS) is 15.9. The van der Waals surface area contributed by atoms with Crippen LogP contribution in [0.5, 0.6) is 0 Å². The molecule has 2 fully saturated rings. The zero-order chi connectivity index (χ0) is 41.8. The van der Waals surface area contributed by atoms with Gasteiger partial charge in [0.05, 0.1) is 0 Å². The third kappa shape index (κ3) is 10.4. The number of nitrogen functional groups attached to an aromatic ring is 1. The fourth-order valence-corrected chi connectivity index (χ4v) is 9.41. The quantitative estimate of drug-likeness (QED) is 0.101. The molecule has 6 heteroatoms. The molecule has 0 amide bonds. The molecular formula is C54H64N4O2. The molecule has 0 atom stereocenters. The number of hydrogen-bond acceptors (Lipinski definition) is 6. The summed E-state index contributed by atoms with van der Waals surface area (Å²) in [5.74, 6) is 0.424. The number of nitrogens with two attached hydrogens (primary N) is 1. The van der Waals surface area contributed by atoms with Gasteiger partial charge in [-0.2, -0.15) is 0 Å². The van der Waals surface area contributed by atoms with Crippen molar-refractivity contribution in [2.45, 2.75) is 49.7 Å². The molecule has 2 saturated heterocycles. The third-order valence-electron chi connectivity index (χ3n) is 13.1. The first-order valence-corrected chi connectivity index (χ1v) is 22.0. The second kappa shape index (κ2) is 20.3. The maximum Gasteiger partial charge on any atom is 0.117 e. The van der Waals surface area contributed by atoms with Crippen LogP contribution in [0.15, 0.2) is 170 Å². The molecule has 2 aliphatic rings. The molecule has 60 heavy (non-hydrogen) atoms. The van der Waals surface area contributed by atoms with Crippen molar-refractivity contribution in [2.75, 3.05) is 64.0 Å². The van der Waals surface area contributed by atoms with Crippen LogP contribution < -0.4 is 10.6 Å². The molecule has 0 radical (unpaired) electrons. The zero-order valence-corrected chi connectivity index (χ0v) is 35.6. The Hall–Kier alpha value is -5.24. The van der Waals surface area contributed by atoms with Crippen LogP contribution in [-0.2, 0) is 24.0 Å². The Kier molecular flexibility index (Phi) is 14.5. The van der Waals surface area contributed by atoms with Crippen molar-refractivity contribution in [3.05, 3.63) is 203 Å². The predicted molar refractivity (Wildman–Crippen MR) is 249 cm³/mol. The van der Waals surface area contributed by atoms with Crippen LogP contribution in [0.25, 0.3) is 0 Å². The highest BCUT2D eigenvalue weighted by Crippen LogP contribution is 2.43. The highest BCUT2D eigenvalue weighted by atomic mass is 16.3. The lowest BCUT2D eigenvalue weighted by Crippen LogP contribution is -2.44. The molecule has 0 saturated carbocycles. The van der Waals surface area contributed by atoms with Gasteiger partial charge in [0, 0.05) is 38.6 Å². The van der Waals surface area contributed by atoms with Gasteiger partial charge in [-0.05, 0) is 134 Å². The number of likely N-dealkylation sites (tertiary alicyclic amines) is 2. The minimum absolute atomic E-state index is 0.208. The molecule has 0 aromatic heterocycles. The molecular weight excluding hydrogens is 737 g/mol. The summed E-state index contributed by atoms with van der Waals surface area (Å²) in [6.45, 7) is 6.21. The molecule has 8 rings (SSSR count). The summed E-state index contributed by atoms with van der Waals surface area (Å²) in [6, 6.07) is 57.8.